The van der Waals surface area contributed by atoms with Crippen molar-refractivity contribution in [2.45, 2.75) is 258 Å². The quantitative estimate of drug-likeness (QED) is 0.0264. The highest BCUT2D eigenvalue weighted by Gasteiger charge is 2.19. The molecular weight excluding hydrogens is 709 g/mol. The molecule has 0 bridgehead atoms. The predicted octanol–water partition coefficient (Wildman–Crippen LogP) is 15.8. The van der Waals surface area contributed by atoms with E-state index in [9.17, 15) is 14.4 Å². The van der Waals surface area contributed by atoms with Crippen LogP contribution in [-0.4, -0.2) is 37.2 Å². The Bertz CT molecular complexity index is 969. The van der Waals surface area contributed by atoms with Gasteiger partial charge >= 0.3 is 17.9 Å². The lowest BCUT2D eigenvalue weighted by molar-refractivity contribution is -0.166. The average Bonchev–Trinajstić information content (AvgIpc) is 3.21. The summed E-state index contributed by atoms with van der Waals surface area (Å²) in [5.41, 5.74) is 0. The molecule has 6 nitrogen and oxygen atoms in total. The van der Waals surface area contributed by atoms with Gasteiger partial charge in [-0.2, -0.15) is 0 Å². The lowest BCUT2D eigenvalue weighted by atomic mass is 10.1. The zero-order chi connectivity index (χ0) is 41.5. The van der Waals surface area contributed by atoms with Gasteiger partial charge in [0.1, 0.15) is 13.2 Å². The van der Waals surface area contributed by atoms with E-state index in [1.807, 2.05) is 6.08 Å². The Hall–Kier alpha value is -2.37. The number of carbonyl (C=O) groups is 3. The van der Waals surface area contributed by atoms with Gasteiger partial charge in [0, 0.05) is 19.3 Å². The fourth-order valence-corrected chi connectivity index (χ4v) is 6.92. The molecule has 0 spiro atoms. The predicted molar refractivity (Wildman–Crippen MR) is 242 cm³/mol. The highest BCUT2D eigenvalue weighted by molar-refractivity contribution is 5.71. The second-order valence-corrected chi connectivity index (χ2v) is 16.4. The second-order valence-electron chi connectivity index (χ2n) is 16.4. The molecule has 1 atom stereocenters. The Labute approximate surface area is 353 Å². The lowest BCUT2D eigenvalue weighted by Crippen LogP contribution is -2.30. The van der Waals surface area contributed by atoms with E-state index in [1.54, 1.807) is 0 Å². The molecular formula is C51H92O6. The van der Waals surface area contributed by atoms with Crippen LogP contribution < -0.4 is 0 Å². The summed E-state index contributed by atoms with van der Waals surface area (Å²) in [6.45, 7) is 6.55. The topological polar surface area (TPSA) is 78.9 Å². The Morgan fingerprint density at radius 2 is 0.667 bits per heavy atom. The fraction of sp³-hybridized carbons (Fsp3) is 0.824. The van der Waals surface area contributed by atoms with Gasteiger partial charge in [-0.15, -0.1) is 0 Å². The van der Waals surface area contributed by atoms with E-state index in [0.29, 0.717) is 19.3 Å². The molecule has 0 heterocycles. The van der Waals surface area contributed by atoms with Crippen molar-refractivity contribution in [3.63, 3.8) is 0 Å². The third-order valence-corrected chi connectivity index (χ3v) is 10.6. The molecule has 0 N–H and O–H groups in total. The van der Waals surface area contributed by atoms with Gasteiger partial charge in [0.2, 0.25) is 0 Å². The van der Waals surface area contributed by atoms with Gasteiger partial charge in [0.05, 0.1) is 0 Å². The van der Waals surface area contributed by atoms with E-state index in [0.717, 1.165) is 38.5 Å². The normalized spacial score (nSPS) is 12.3. The van der Waals surface area contributed by atoms with Crippen LogP contribution >= 0.6 is 0 Å². The smallest absolute Gasteiger partial charge is 0.306 e. The van der Waals surface area contributed by atoms with Crippen molar-refractivity contribution in [1.82, 2.24) is 0 Å². The van der Waals surface area contributed by atoms with Crippen LogP contribution in [0.5, 0.6) is 0 Å². The average molecular weight is 801 g/mol. The zero-order valence-corrected chi connectivity index (χ0v) is 37.9. The van der Waals surface area contributed by atoms with Crippen molar-refractivity contribution in [3.05, 3.63) is 36.5 Å². The molecule has 0 fully saturated rings. The molecule has 332 valence electrons. The number of allylic oxidation sites excluding steroid dienone is 6. The molecule has 0 aliphatic rings. The van der Waals surface area contributed by atoms with Gasteiger partial charge in [-0.05, 0) is 51.4 Å². The third kappa shape index (κ3) is 44.6. The Balaban J connectivity index is 4.46. The van der Waals surface area contributed by atoms with E-state index >= 15 is 0 Å². The van der Waals surface area contributed by atoms with Crippen LogP contribution in [0, 0.1) is 0 Å². The highest BCUT2D eigenvalue weighted by Crippen LogP contribution is 2.14. The number of hydrogen-bond donors (Lipinski definition) is 0. The second kappa shape index (κ2) is 46.3. The van der Waals surface area contributed by atoms with E-state index < -0.39 is 6.10 Å². The molecule has 6 heteroatoms. The standard InChI is InChI=1S/C51H92O6/c1-4-7-10-13-16-19-22-24-25-27-29-32-35-38-41-44-50(53)56-47-48(46-55-49(52)43-40-37-34-31-28-21-18-15-12-9-6-3)57-51(54)45-42-39-36-33-30-26-23-20-17-14-11-8-5-2/h27,29,35-36,38-39,48H,4-26,28,30-34,37,40-47H2,1-3H3/b29-27-,38-35-,39-36-. The van der Waals surface area contributed by atoms with Crippen molar-refractivity contribution in [2.24, 2.45) is 0 Å². The summed E-state index contributed by atoms with van der Waals surface area (Å²) in [4.78, 5) is 37.7. The number of ether oxygens (including phenoxy) is 3. The van der Waals surface area contributed by atoms with Gasteiger partial charge in [0.25, 0.3) is 0 Å². The van der Waals surface area contributed by atoms with E-state index in [4.69, 9.17) is 14.2 Å². The Kier molecular flexibility index (Phi) is 44.4. The van der Waals surface area contributed by atoms with Crippen molar-refractivity contribution < 1.29 is 28.6 Å². The zero-order valence-electron chi connectivity index (χ0n) is 37.9. The lowest BCUT2D eigenvalue weighted by Gasteiger charge is -2.18. The van der Waals surface area contributed by atoms with E-state index in [-0.39, 0.29) is 44.0 Å². The highest BCUT2D eigenvalue weighted by atomic mass is 16.6. The van der Waals surface area contributed by atoms with Gasteiger partial charge in [-0.25, -0.2) is 0 Å². The molecule has 0 aromatic heterocycles. The minimum absolute atomic E-state index is 0.102. The maximum atomic E-state index is 12.7. The van der Waals surface area contributed by atoms with E-state index in [1.165, 1.54) is 161 Å². The largest absolute Gasteiger partial charge is 0.462 e. The van der Waals surface area contributed by atoms with Crippen LogP contribution in [0.1, 0.15) is 252 Å². The summed E-state index contributed by atoms with van der Waals surface area (Å²) in [7, 11) is 0. The molecule has 0 saturated heterocycles. The summed E-state index contributed by atoms with van der Waals surface area (Å²) < 4.78 is 16.6. The summed E-state index contributed by atoms with van der Waals surface area (Å²) in [6, 6.07) is 0. The van der Waals surface area contributed by atoms with Crippen molar-refractivity contribution in [2.75, 3.05) is 13.2 Å². The summed E-state index contributed by atoms with van der Waals surface area (Å²) in [6.07, 6.45) is 52.9. The minimum Gasteiger partial charge on any atom is -0.462 e. The van der Waals surface area contributed by atoms with E-state index in [2.05, 4.69) is 51.2 Å². The summed E-state index contributed by atoms with van der Waals surface area (Å²) in [5.74, 6) is -1.02. The maximum Gasteiger partial charge on any atom is 0.306 e. The van der Waals surface area contributed by atoms with Crippen LogP contribution in [-0.2, 0) is 28.6 Å². The SMILES string of the molecule is CCCCCCCCCC/C=C\C/C=C\CCC(=O)OCC(COC(=O)CCCCCCCCCCCCC)OC(=O)CC/C=C\CCCCCCCCCCC. The van der Waals surface area contributed by atoms with Gasteiger partial charge in [-0.3, -0.25) is 14.4 Å². The minimum atomic E-state index is -0.810. The number of carbonyl (C=O) groups excluding carboxylic acids is 3. The maximum absolute atomic E-state index is 12.7. The molecule has 57 heavy (non-hydrogen) atoms. The number of esters is 3. The molecule has 0 aliphatic carbocycles. The molecule has 0 rings (SSSR count). The van der Waals surface area contributed by atoms with Crippen LogP contribution in [0.2, 0.25) is 0 Å². The molecule has 0 aromatic rings. The van der Waals surface area contributed by atoms with Gasteiger partial charge < -0.3 is 14.2 Å². The van der Waals surface area contributed by atoms with Crippen molar-refractivity contribution in [3.8, 4) is 0 Å². The number of rotatable bonds is 44. The molecule has 1 unspecified atom stereocenters. The Morgan fingerprint density at radius 1 is 0.351 bits per heavy atom. The van der Waals surface area contributed by atoms with Crippen LogP contribution in [0.25, 0.3) is 0 Å². The summed E-state index contributed by atoms with van der Waals surface area (Å²) >= 11 is 0. The molecule has 0 amide bonds. The number of hydrogen-bond acceptors (Lipinski definition) is 6. The molecule has 0 radical (unpaired) electrons. The molecule has 0 aliphatic heterocycles. The third-order valence-electron chi connectivity index (χ3n) is 10.6. The van der Waals surface area contributed by atoms with Crippen molar-refractivity contribution in [1.29, 1.82) is 0 Å². The van der Waals surface area contributed by atoms with Crippen LogP contribution in [0.15, 0.2) is 36.5 Å². The molecule has 0 aromatic carbocycles. The number of unbranched alkanes of at least 4 members (excludes halogenated alkanes) is 27. The van der Waals surface area contributed by atoms with Crippen molar-refractivity contribution >= 4 is 17.9 Å². The monoisotopic (exact) mass is 801 g/mol. The fourth-order valence-electron chi connectivity index (χ4n) is 6.92. The molecule has 0 saturated carbocycles. The Morgan fingerprint density at radius 3 is 1.11 bits per heavy atom. The first kappa shape index (κ1) is 54.6. The first-order chi connectivity index (χ1) is 28.0. The first-order valence-corrected chi connectivity index (χ1v) is 24.5. The van der Waals surface area contributed by atoms with Gasteiger partial charge in [-0.1, -0.05) is 218 Å². The van der Waals surface area contributed by atoms with Crippen LogP contribution in [0.4, 0.5) is 0 Å². The summed E-state index contributed by atoms with van der Waals surface area (Å²) in [5, 5.41) is 0. The van der Waals surface area contributed by atoms with Crippen LogP contribution in [0.3, 0.4) is 0 Å². The van der Waals surface area contributed by atoms with Gasteiger partial charge in [0.15, 0.2) is 6.10 Å². The first-order valence-electron chi connectivity index (χ1n) is 24.5.